The molecule has 23 heavy (non-hydrogen) atoms. The van der Waals surface area contributed by atoms with Crippen molar-refractivity contribution in [1.82, 2.24) is 0 Å². The van der Waals surface area contributed by atoms with Crippen molar-refractivity contribution in [2.24, 2.45) is 0 Å². The second kappa shape index (κ2) is 5.35. The number of ketones is 2. The van der Waals surface area contributed by atoms with Gasteiger partial charge >= 0.3 is 5.97 Å². The van der Waals surface area contributed by atoms with Crippen molar-refractivity contribution in [2.75, 3.05) is 7.11 Å². The summed E-state index contributed by atoms with van der Waals surface area (Å²) in [4.78, 5) is 37.0. The molecule has 1 aliphatic carbocycles. The van der Waals surface area contributed by atoms with Gasteiger partial charge in [-0.1, -0.05) is 24.3 Å². The lowest BCUT2D eigenvalue weighted by molar-refractivity contribution is -0.131. The fourth-order valence-electron chi connectivity index (χ4n) is 2.86. The highest BCUT2D eigenvalue weighted by Crippen LogP contribution is 2.40. The zero-order valence-corrected chi connectivity index (χ0v) is 12.9. The SMILES string of the molecule is COc1c(C)cc(OC(C)=O)c2c1C(=O)c1ccccc1C2=O. The van der Waals surface area contributed by atoms with Gasteiger partial charge in [-0.3, -0.25) is 14.4 Å². The third-order valence-electron chi connectivity index (χ3n) is 3.76. The molecule has 2 aromatic rings. The summed E-state index contributed by atoms with van der Waals surface area (Å²) in [6.07, 6.45) is 0. The number of aryl methyl sites for hydroxylation is 1. The maximum Gasteiger partial charge on any atom is 0.308 e. The maximum absolute atomic E-state index is 12.9. The van der Waals surface area contributed by atoms with Crippen LogP contribution in [0.25, 0.3) is 0 Å². The number of ether oxygens (including phenoxy) is 2. The highest BCUT2D eigenvalue weighted by Gasteiger charge is 2.36. The molecule has 0 aromatic heterocycles. The summed E-state index contributed by atoms with van der Waals surface area (Å²) < 4.78 is 10.5. The molecule has 0 radical (unpaired) electrons. The van der Waals surface area contributed by atoms with E-state index in [9.17, 15) is 14.4 Å². The molecule has 116 valence electrons. The van der Waals surface area contributed by atoms with E-state index in [0.29, 0.717) is 22.4 Å². The molecule has 5 nitrogen and oxygen atoms in total. The van der Waals surface area contributed by atoms with Gasteiger partial charge < -0.3 is 9.47 Å². The van der Waals surface area contributed by atoms with E-state index in [2.05, 4.69) is 0 Å². The molecule has 0 amide bonds. The summed E-state index contributed by atoms with van der Waals surface area (Å²) >= 11 is 0. The Morgan fingerprint density at radius 2 is 1.57 bits per heavy atom. The van der Waals surface area contributed by atoms with Crippen LogP contribution in [-0.2, 0) is 4.79 Å². The maximum atomic E-state index is 12.9. The third kappa shape index (κ3) is 2.21. The zero-order valence-electron chi connectivity index (χ0n) is 12.9. The average Bonchev–Trinajstić information content (AvgIpc) is 2.51. The van der Waals surface area contributed by atoms with E-state index in [-0.39, 0.29) is 28.4 Å². The van der Waals surface area contributed by atoms with Crippen molar-refractivity contribution in [3.63, 3.8) is 0 Å². The fraction of sp³-hybridized carbons (Fsp3) is 0.167. The van der Waals surface area contributed by atoms with Crippen LogP contribution in [0, 0.1) is 6.92 Å². The van der Waals surface area contributed by atoms with E-state index in [4.69, 9.17) is 9.47 Å². The first-order valence-corrected chi connectivity index (χ1v) is 7.04. The minimum absolute atomic E-state index is 0.0753. The first kappa shape index (κ1) is 15.0. The molecule has 0 spiro atoms. The summed E-state index contributed by atoms with van der Waals surface area (Å²) in [5, 5.41) is 0. The Morgan fingerprint density at radius 1 is 1.00 bits per heavy atom. The predicted octanol–water partition coefficient (Wildman–Crippen LogP) is 2.70. The largest absolute Gasteiger partial charge is 0.496 e. The summed E-state index contributed by atoms with van der Waals surface area (Å²) in [5.41, 5.74) is 1.45. The Hall–Kier alpha value is -2.95. The summed E-state index contributed by atoms with van der Waals surface area (Å²) in [5.74, 6) is -0.827. The molecule has 0 bridgehead atoms. The number of fused-ring (bicyclic) bond motifs is 2. The van der Waals surface area contributed by atoms with Gasteiger partial charge in [-0.25, -0.2) is 0 Å². The zero-order chi connectivity index (χ0) is 16.7. The molecule has 0 fully saturated rings. The van der Waals surface area contributed by atoms with Crippen LogP contribution in [0.3, 0.4) is 0 Å². The number of carbonyl (C=O) groups excluding carboxylic acids is 3. The molecule has 0 saturated carbocycles. The van der Waals surface area contributed by atoms with Crippen molar-refractivity contribution in [2.45, 2.75) is 13.8 Å². The minimum atomic E-state index is -0.559. The first-order valence-electron chi connectivity index (χ1n) is 7.04. The summed E-state index contributed by atoms with van der Waals surface area (Å²) in [6.45, 7) is 2.97. The standard InChI is InChI=1S/C18H14O5/c1-9-8-13(23-10(2)19)14-15(18(9)22-3)17(21)12-7-5-4-6-11(12)16(14)20/h4-8H,1-3H3. The lowest BCUT2D eigenvalue weighted by Gasteiger charge is -2.22. The summed E-state index contributed by atoms with van der Waals surface area (Å²) in [6, 6.07) is 8.11. The lowest BCUT2D eigenvalue weighted by atomic mass is 9.82. The van der Waals surface area contributed by atoms with Crippen LogP contribution in [0.2, 0.25) is 0 Å². The van der Waals surface area contributed by atoms with E-state index < -0.39 is 5.97 Å². The van der Waals surface area contributed by atoms with Crippen molar-refractivity contribution in [1.29, 1.82) is 0 Å². The van der Waals surface area contributed by atoms with Crippen LogP contribution in [0.1, 0.15) is 44.3 Å². The second-order valence-corrected chi connectivity index (χ2v) is 5.27. The molecule has 0 N–H and O–H groups in total. The van der Waals surface area contributed by atoms with Crippen molar-refractivity contribution >= 4 is 17.5 Å². The molecule has 0 saturated heterocycles. The van der Waals surface area contributed by atoms with Crippen LogP contribution in [0.15, 0.2) is 30.3 Å². The number of benzene rings is 2. The van der Waals surface area contributed by atoms with Gasteiger partial charge in [0.05, 0.1) is 18.2 Å². The number of rotatable bonds is 2. The van der Waals surface area contributed by atoms with Gasteiger partial charge in [0, 0.05) is 18.1 Å². The highest BCUT2D eigenvalue weighted by atomic mass is 16.5. The van der Waals surface area contributed by atoms with Gasteiger partial charge in [0.2, 0.25) is 0 Å². The molecule has 5 heteroatoms. The molecular weight excluding hydrogens is 296 g/mol. The molecule has 0 unspecified atom stereocenters. The van der Waals surface area contributed by atoms with E-state index in [1.54, 1.807) is 31.2 Å². The van der Waals surface area contributed by atoms with Crippen LogP contribution in [0.4, 0.5) is 0 Å². The monoisotopic (exact) mass is 310 g/mol. The van der Waals surface area contributed by atoms with Gasteiger partial charge in [-0.05, 0) is 18.6 Å². The van der Waals surface area contributed by atoms with E-state index in [1.165, 1.54) is 20.1 Å². The quantitative estimate of drug-likeness (QED) is 0.537. The fourth-order valence-corrected chi connectivity index (χ4v) is 2.86. The molecule has 0 atom stereocenters. The molecule has 0 heterocycles. The van der Waals surface area contributed by atoms with Crippen LogP contribution >= 0.6 is 0 Å². The van der Waals surface area contributed by atoms with Crippen molar-refractivity contribution in [3.8, 4) is 11.5 Å². The van der Waals surface area contributed by atoms with Crippen molar-refractivity contribution < 1.29 is 23.9 Å². The third-order valence-corrected chi connectivity index (χ3v) is 3.76. The topological polar surface area (TPSA) is 69.7 Å². The Kier molecular flexibility index (Phi) is 3.48. The van der Waals surface area contributed by atoms with Crippen LogP contribution < -0.4 is 9.47 Å². The number of methoxy groups -OCH3 is 1. The molecule has 2 aromatic carbocycles. The molecular formula is C18H14O5. The molecule has 3 rings (SSSR count). The molecule has 0 aliphatic heterocycles. The summed E-state index contributed by atoms with van der Waals surface area (Å²) in [7, 11) is 1.44. The van der Waals surface area contributed by atoms with Gasteiger partial charge in [-0.15, -0.1) is 0 Å². The minimum Gasteiger partial charge on any atom is -0.496 e. The Bertz CT molecular complexity index is 864. The normalized spacial score (nSPS) is 12.5. The number of hydrogen-bond donors (Lipinski definition) is 0. The Balaban J connectivity index is 2.37. The van der Waals surface area contributed by atoms with Crippen LogP contribution in [0.5, 0.6) is 11.5 Å². The average molecular weight is 310 g/mol. The number of carbonyl (C=O) groups is 3. The Labute approximate surface area is 132 Å². The van der Waals surface area contributed by atoms with E-state index >= 15 is 0 Å². The van der Waals surface area contributed by atoms with Gasteiger partial charge in [0.25, 0.3) is 0 Å². The van der Waals surface area contributed by atoms with E-state index in [0.717, 1.165) is 0 Å². The lowest BCUT2D eigenvalue weighted by Crippen LogP contribution is -2.23. The highest BCUT2D eigenvalue weighted by molar-refractivity contribution is 6.30. The van der Waals surface area contributed by atoms with Crippen LogP contribution in [-0.4, -0.2) is 24.6 Å². The molecule has 1 aliphatic rings. The number of hydrogen-bond acceptors (Lipinski definition) is 5. The number of esters is 1. The predicted molar refractivity (Wildman–Crippen MR) is 82.3 cm³/mol. The second-order valence-electron chi connectivity index (χ2n) is 5.27. The smallest absolute Gasteiger partial charge is 0.308 e. The van der Waals surface area contributed by atoms with E-state index in [1.807, 2.05) is 0 Å². The van der Waals surface area contributed by atoms with Gasteiger partial charge in [0.15, 0.2) is 11.6 Å². The van der Waals surface area contributed by atoms with Crippen molar-refractivity contribution in [3.05, 3.63) is 58.1 Å². The Morgan fingerprint density at radius 3 is 2.09 bits per heavy atom. The van der Waals surface area contributed by atoms with Gasteiger partial charge in [0.1, 0.15) is 11.5 Å². The first-order chi connectivity index (χ1) is 11.0. The van der Waals surface area contributed by atoms with Gasteiger partial charge in [-0.2, -0.15) is 0 Å².